The van der Waals surface area contributed by atoms with Gasteiger partial charge in [0.15, 0.2) is 5.11 Å². The van der Waals surface area contributed by atoms with Gasteiger partial charge in [0, 0.05) is 6.20 Å². The standard InChI is InChI=1S/C13H12FN3S/c14-11-6-1-2-7-12(11)17-13(18)16-9-10-5-3-4-8-15-10/h1-8H,9H2,(H2,16,17,18). The molecule has 0 unspecified atom stereocenters. The summed E-state index contributed by atoms with van der Waals surface area (Å²) in [5.74, 6) is -0.334. The summed E-state index contributed by atoms with van der Waals surface area (Å²) in [6, 6.07) is 12.0. The summed E-state index contributed by atoms with van der Waals surface area (Å²) < 4.78 is 13.4. The quantitative estimate of drug-likeness (QED) is 0.833. The molecule has 0 spiro atoms. The van der Waals surface area contributed by atoms with Crippen molar-refractivity contribution in [2.24, 2.45) is 0 Å². The van der Waals surface area contributed by atoms with E-state index in [4.69, 9.17) is 12.2 Å². The predicted octanol–water partition coefficient (Wildman–Crippen LogP) is 2.71. The number of hydrogen-bond donors (Lipinski definition) is 2. The van der Waals surface area contributed by atoms with Gasteiger partial charge in [-0.05, 0) is 36.5 Å². The number of benzene rings is 1. The topological polar surface area (TPSA) is 37.0 Å². The molecule has 0 aliphatic heterocycles. The zero-order valence-corrected chi connectivity index (χ0v) is 10.4. The number of nitrogens with zero attached hydrogens (tertiary/aromatic N) is 1. The third-order valence-electron chi connectivity index (χ3n) is 2.28. The molecule has 0 saturated carbocycles. The Morgan fingerprint density at radius 3 is 2.67 bits per heavy atom. The molecule has 1 aromatic carbocycles. The Morgan fingerprint density at radius 2 is 1.94 bits per heavy atom. The molecule has 0 aliphatic rings. The lowest BCUT2D eigenvalue weighted by Gasteiger charge is -2.10. The number of para-hydroxylation sites is 1. The van der Waals surface area contributed by atoms with Crippen molar-refractivity contribution in [1.82, 2.24) is 10.3 Å². The van der Waals surface area contributed by atoms with Crippen molar-refractivity contribution >= 4 is 23.0 Å². The zero-order chi connectivity index (χ0) is 12.8. The number of halogens is 1. The van der Waals surface area contributed by atoms with Crippen molar-refractivity contribution in [3.8, 4) is 0 Å². The lowest BCUT2D eigenvalue weighted by Crippen LogP contribution is -2.28. The van der Waals surface area contributed by atoms with E-state index in [2.05, 4.69) is 15.6 Å². The average Bonchev–Trinajstić information content (AvgIpc) is 2.40. The van der Waals surface area contributed by atoms with E-state index in [1.165, 1.54) is 6.07 Å². The first-order valence-electron chi connectivity index (χ1n) is 5.45. The second-order valence-corrected chi connectivity index (χ2v) is 4.02. The molecule has 3 nitrogen and oxygen atoms in total. The summed E-state index contributed by atoms with van der Waals surface area (Å²) in [6.45, 7) is 0.501. The second kappa shape index (κ2) is 6.07. The van der Waals surface area contributed by atoms with Gasteiger partial charge in [-0.25, -0.2) is 4.39 Å². The highest BCUT2D eigenvalue weighted by atomic mass is 32.1. The van der Waals surface area contributed by atoms with Gasteiger partial charge in [-0.15, -0.1) is 0 Å². The van der Waals surface area contributed by atoms with Crippen molar-refractivity contribution in [3.63, 3.8) is 0 Å². The molecule has 2 rings (SSSR count). The van der Waals surface area contributed by atoms with Crippen molar-refractivity contribution in [2.45, 2.75) is 6.54 Å². The van der Waals surface area contributed by atoms with Gasteiger partial charge in [-0.2, -0.15) is 0 Å². The number of anilines is 1. The molecular formula is C13H12FN3S. The van der Waals surface area contributed by atoms with Crippen molar-refractivity contribution in [3.05, 3.63) is 60.2 Å². The fourth-order valence-electron chi connectivity index (χ4n) is 1.40. The summed E-state index contributed by atoms with van der Waals surface area (Å²) in [5, 5.41) is 6.13. The first kappa shape index (κ1) is 12.4. The largest absolute Gasteiger partial charge is 0.357 e. The number of rotatable bonds is 3. The fourth-order valence-corrected chi connectivity index (χ4v) is 1.58. The zero-order valence-electron chi connectivity index (χ0n) is 9.56. The van der Waals surface area contributed by atoms with E-state index in [-0.39, 0.29) is 5.82 Å². The molecule has 0 radical (unpaired) electrons. The lowest BCUT2D eigenvalue weighted by molar-refractivity contribution is 0.632. The number of hydrogen-bond acceptors (Lipinski definition) is 2. The predicted molar refractivity (Wildman–Crippen MR) is 73.7 cm³/mol. The summed E-state index contributed by atoms with van der Waals surface area (Å²) in [4.78, 5) is 4.15. The first-order valence-corrected chi connectivity index (χ1v) is 5.86. The van der Waals surface area contributed by atoms with Gasteiger partial charge in [-0.1, -0.05) is 18.2 Å². The third kappa shape index (κ3) is 3.49. The molecule has 92 valence electrons. The van der Waals surface area contributed by atoms with Crippen LogP contribution in [0.5, 0.6) is 0 Å². The van der Waals surface area contributed by atoms with Crippen LogP contribution in [0.4, 0.5) is 10.1 Å². The Morgan fingerprint density at radius 1 is 1.17 bits per heavy atom. The summed E-state index contributed by atoms with van der Waals surface area (Å²) in [6.07, 6.45) is 1.71. The molecule has 0 bridgehead atoms. The van der Waals surface area contributed by atoms with Crippen LogP contribution >= 0.6 is 12.2 Å². The summed E-state index contributed by atoms with van der Waals surface area (Å²) in [7, 11) is 0. The van der Waals surface area contributed by atoms with Crippen LogP contribution in [-0.4, -0.2) is 10.1 Å². The molecule has 0 saturated heterocycles. The van der Waals surface area contributed by atoms with Gasteiger partial charge in [-0.3, -0.25) is 4.98 Å². The minimum atomic E-state index is -0.334. The van der Waals surface area contributed by atoms with Gasteiger partial charge >= 0.3 is 0 Å². The van der Waals surface area contributed by atoms with Gasteiger partial charge in [0.2, 0.25) is 0 Å². The lowest BCUT2D eigenvalue weighted by atomic mass is 10.3. The van der Waals surface area contributed by atoms with E-state index < -0.39 is 0 Å². The summed E-state index contributed by atoms with van der Waals surface area (Å²) >= 11 is 5.08. The molecule has 2 aromatic rings. The molecular weight excluding hydrogens is 249 g/mol. The average molecular weight is 261 g/mol. The van der Waals surface area contributed by atoms with Gasteiger partial charge in [0.05, 0.1) is 17.9 Å². The molecule has 0 fully saturated rings. The highest BCUT2D eigenvalue weighted by Gasteiger charge is 2.02. The number of nitrogens with one attached hydrogen (secondary N) is 2. The van der Waals surface area contributed by atoms with E-state index in [9.17, 15) is 4.39 Å². The Balaban J connectivity index is 1.88. The van der Waals surface area contributed by atoms with Gasteiger partial charge < -0.3 is 10.6 Å². The molecule has 0 atom stereocenters. The summed E-state index contributed by atoms with van der Waals surface area (Å²) in [5.41, 5.74) is 1.23. The minimum absolute atomic E-state index is 0.334. The van der Waals surface area contributed by atoms with E-state index in [1.807, 2.05) is 18.2 Å². The monoisotopic (exact) mass is 261 g/mol. The highest BCUT2D eigenvalue weighted by Crippen LogP contribution is 2.11. The molecule has 1 heterocycles. The van der Waals surface area contributed by atoms with Crippen molar-refractivity contribution in [2.75, 3.05) is 5.32 Å². The minimum Gasteiger partial charge on any atom is -0.357 e. The highest BCUT2D eigenvalue weighted by molar-refractivity contribution is 7.80. The van der Waals surface area contributed by atoms with Crippen LogP contribution < -0.4 is 10.6 Å². The van der Waals surface area contributed by atoms with Gasteiger partial charge in [0.1, 0.15) is 5.82 Å². The number of aromatic nitrogens is 1. The Labute approximate surface area is 110 Å². The molecule has 1 aromatic heterocycles. The van der Waals surface area contributed by atoms with Crippen LogP contribution in [0.2, 0.25) is 0 Å². The Bertz CT molecular complexity index is 531. The molecule has 0 aliphatic carbocycles. The van der Waals surface area contributed by atoms with E-state index in [1.54, 1.807) is 24.4 Å². The maximum absolute atomic E-state index is 13.4. The SMILES string of the molecule is Fc1ccccc1NC(=S)NCc1ccccn1. The van der Waals surface area contributed by atoms with Crippen LogP contribution in [0.3, 0.4) is 0 Å². The smallest absolute Gasteiger partial charge is 0.171 e. The number of pyridine rings is 1. The molecule has 0 amide bonds. The van der Waals surface area contributed by atoms with Crippen LogP contribution in [0.1, 0.15) is 5.69 Å². The van der Waals surface area contributed by atoms with Crippen LogP contribution in [-0.2, 0) is 6.54 Å². The van der Waals surface area contributed by atoms with Crippen LogP contribution in [0.25, 0.3) is 0 Å². The van der Waals surface area contributed by atoms with Crippen LogP contribution in [0.15, 0.2) is 48.7 Å². The van der Waals surface area contributed by atoms with E-state index in [0.29, 0.717) is 17.3 Å². The van der Waals surface area contributed by atoms with Gasteiger partial charge in [0.25, 0.3) is 0 Å². The molecule has 18 heavy (non-hydrogen) atoms. The number of thiocarbonyl (C=S) groups is 1. The van der Waals surface area contributed by atoms with E-state index >= 15 is 0 Å². The third-order valence-corrected chi connectivity index (χ3v) is 2.52. The Hall–Kier alpha value is -2.01. The Kier molecular flexibility index (Phi) is 4.20. The molecule has 2 N–H and O–H groups in total. The van der Waals surface area contributed by atoms with Crippen molar-refractivity contribution < 1.29 is 4.39 Å². The fraction of sp³-hybridized carbons (Fsp3) is 0.0769. The first-order chi connectivity index (χ1) is 8.75. The van der Waals surface area contributed by atoms with E-state index in [0.717, 1.165) is 5.69 Å². The maximum Gasteiger partial charge on any atom is 0.171 e. The van der Waals surface area contributed by atoms with Crippen LogP contribution in [0, 0.1) is 5.82 Å². The molecule has 5 heteroatoms. The maximum atomic E-state index is 13.4. The second-order valence-electron chi connectivity index (χ2n) is 3.61. The normalized spacial score (nSPS) is 9.83. The van der Waals surface area contributed by atoms with Crippen molar-refractivity contribution in [1.29, 1.82) is 0 Å².